The van der Waals surface area contributed by atoms with Crippen molar-refractivity contribution in [1.82, 2.24) is 4.98 Å². The summed E-state index contributed by atoms with van der Waals surface area (Å²) in [5.41, 5.74) is 0.929. The monoisotopic (exact) mass is 373 g/mol. The Bertz CT molecular complexity index is 560. The predicted molar refractivity (Wildman–Crippen MR) is 73.3 cm³/mol. The highest BCUT2D eigenvalue weighted by Gasteiger charge is 2.19. The number of carbonyl (C=O) groups excluding carboxylic acids is 1. The Labute approximate surface area is 121 Å². The number of halogens is 2. The van der Waals surface area contributed by atoms with Gasteiger partial charge < -0.3 is 9.15 Å². The van der Waals surface area contributed by atoms with Gasteiger partial charge in [-0.25, -0.2) is 9.78 Å². The Morgan fingerprint density at radius 3 is 2.61 bits per heavy atom. The second kappa shape index (κ2) is 5.67. The average molecular weight is 375 g/mol. The largest absolute Gasteiger partial charge is 0.461 e. The van der Waals surface area contributed by atoms with Crippen LogP contribution in [0.5, 0.6) is 0 Å². The maximum atomic E-state index is 11.7. The van der Waals surface area contributed by atoms with Crippen LogP contribution in [-0.4, -0.2) is 17.6 Å². The number of ether oxygens (including phenoxy) is 1. The predicted octanol–water partition coefficient (Wildman–Crippen LogP) is 4.04. The lowest BCUT2D eigenvalue weighted by molar-refractivity contribution is 0.0520. The molecule has 0 bridgehead atoms. The zero-order chi connectivity index (χ0) is 13.1. The van der Waals surface area contributed by atoms with E-state index in [1.165, 1.54) is 6.39 Å². The van der Waals surface area contributed by atoms with Crippen molar-refractivity contribution in [1.29, 1.82) is 0 Å². The Hall–Kier alpha value is -1.14. The summed E-state index contributed by atoms with van der Waals surface area (Å²) in [7, 11) is 0. The summed E-state index contributed by atoms with van der Waals surface area (Å²) in [4.78, 5) is 15.6. The first-order valence-electron chi connectivity index (χ1n) is 5.19. The number of nitrogens with zero attached hydrogens (tertiary/aromatic N) is 1. The third kappa shape index (κ3) is 2.81. The standard InChI is InChI=1S/C12H9Br2NO3/c1-2-17-12(16)10-11(18-6-15-10)7-3-8(13)5-9(14)4-7/h3-6H,2H2,1H3. The van der Waals surface area contributed by atoms with Gasteiger partial charge in [0, 0.05) is 14.5 Å². The van der Waals surface area contributed by atoms with Crippen LogP contribution in [0.1, 0.15) is 17.4 Å². The van der Waals surface area contributed by atoms with Crippen molar-refractivity contribution < 1.29 is 13.9 Å². The van der Waals surface area contributed by atoms with Gasteiger partial charge in [-0.05, 0) is 25.1 Å². The summed E-state index contributed by atoms with van der Waals surface area (Å²) in [6, 6.07) is 5.58. The van der Waals surface area contributed by atoms with E-state index in [0.717, 1.165) is 14.5 Å². The normalized spacial score (nSPS) is 10.4. The number of carbonyl (C=O) groups is 1. The van der Waals surface area contributed by atoms with Gasteiger partial charge >= 0.3 is 5.97 Å². The molecule has 1 aromatic carbocycles. The zero-order valence-corrected chi connectivity index (χ0v) is 12.6. The number of esters is 1. The van der Waals surface area contributed by atoms with Crippen LogP contribution in [-0.2, 0) is 4.74 Å². The summed E-state index contributed by atoms with van der Waals surface area (Å²) in [5, 5.41) is 0. The van der Waals surface area contributed by atoms with Gasteiger partial charge in [0.05, 0.1) is 6.61 Å². The molecule has 0 saturated heterocycles. The highest BCUT2D eigenvalue weighted by atomic mass is 79.9. The number of rotatable bonds is 3. The lowest BCUT2D eigenvalue weighted by atomic mass is 10.1. The van der Waals surface area contributed by atoms with Gasteiger partial charge in [0.15, 0.2) is 17.8 Å². The van der Waals surface area contributed by atoms with Gasteiger partial charge in [-0.15, -0.1) is 0 Å². The summed E-state index contributed by atoms with van der Waals surface area (Å²) in [5.74, 6) is -0.0900. The van der Waals surface area contributed by atoms with Crippen LogP contribution in [0.4, 0.5) is 0 Å². The van der Waals surface area contributed by atoms with Crippen LogP contribution < -0.4 is 0 Å². The van der Waals surface area contributed by atoms with Gasteiger partial charge in [-0.3, -0.25) is 0 Å². The molecule has 18 heavy (non-hydrogen) atoms. The molecule has 0 aliphatic carbocycles. The topological polar surface area (TPSA) is 52.3 Å². The molecule has 0 aliphatic rings. The van der Waals surface area contributed by atoms with E-state index in [1.54, 1.807) is 6.92 Å². The minimum atomic E-state index is -0.489. The van der Waals surface area contributed by atoms with E-state index >= 15 is 0 Å². The summed E-state index contributed by atoms with van der Waals surface area (Å²) in [6.07, 6.45) is 1.23. The summed E-state index contributed by atoms with van der Waals surface area (Å²) in [6.45, 7) is 2.04. The molecule has 0 fully saturated rings. The first kappa shape index (κ1) is 13.3. The van der Waals surface area contributed by atoms with Crippen molar-refractivity contribution in [3.05, 3.63) is 39.2 Å². The molecule has 6 heteroatoms. The van der Waals surface area contributed by atoms with Crippen LogP contribution in [0.25, 0.3) is 11.3 Å². The maximum absolute atomic E-state index is 11.7. The summed E-state index contributed by atoms with van der Waals surface area (Å²) >= 11 is 6.77. The molecule has 0 N–H and O–H groups in total. The molecule has 0 aliphatic heterocycles. The molecular weight excluding hydrogens is 366 g/mol. The smallest absolute Gasteiger partial charge is 0.360 e. The molecule has 0 radical (unpaired) electrons. The Morgan fingerprint density at radius 2 is 2.00 bits per heavy atom. The molecule has 94 valence electrons. The van der Waals surface area contributed by atoms with E-state index in [2.05, 4.69) is 36.8 Å². The highest BCUT2D eigenvalue weighted by Crippen LogP contribution is 2.29. The molecule has 0 spiro atoms. The fraction of sp³-hybridized carbons (Fsp3) is 0.167. The van der Waals surface area contributed by atoms with E-state index in [1.807, 2.05) is 18.2 Å². The molecule has 0 saturated carbocycles. The van der Waals surface area contributed by atoms with Gasteiger partial charge in [0.25, 0.3) is 0 Å². The quantitative estimate of drug-likeness (QED) is 0.760. The third-order valence-corrected chi connectivity index (χ3v) is 3.08. The lowest BCUT2D eigenvalue weighted by Crippen LogP contribution is -2.06. The van der Waals surface area contributed by atoms with E-state index in [0.29, 0.717) is 12.4 Å². The Kier molecular flexibility index (Phi) is 4.19. The molecule has 2 aromatic rings. The molecule has 0 unspecified atom stereocenters. The Morgan fingerprint density at radius 1 is 1.33 bits per heavy atom. The fourth-order valence-electron chi connectivity index (χ4n) is 1.48. The number of hydrogen-bond donors (Lipinski definition) is 0. The van der Waals surface area contributed by atoms with E-state index in [9.17, 15) is 4.79 Å². The number of hydrogen-bond acceptors (Lipinski definition) is 4. The van der Waals surface area contributed by atoms with Crippen LogP contribution in [0.15, 0.2) is 38.0 Å². The van der Waals surface area contributed by atoms with Crippen molar-refractivity contribution in [2.75, 3.05) is 6.61 Å². The van der Waals surface area contributed by atoms with E-state index < -0.39 is 5.97 Å². The average Bonchev–Trinajstić information content (AvgIpc) is 2.76. The molecular formula is C12H9Br2NO3. The molecule has 2 rings (SSSR count). The van der Waals surface area contributed by atoms with Crippen LogP contribution >= 0.6 is 31.9 Å². The number of oxazole rings is 1. The molecule has 0 atom stereocenters. The highest BCUT2D eigenvalue weighted by molar-refractivity contribution is 9.11. The summed E-state index contributed by atoms with van der Waals surface area (Å²) < 4.78 is 11.9. The lowest BCUT2D eigenvalue weighted by Gasteiger charge is -2.03. The second-order valence-corrected chi connectivity index (χ2v) is 5.24. The Balaban J connectivity index is 2.45. The molecule has 1 aromatic heterocycles. The van der Waals surface area contributed by atoms with Gasteiger partial charge in [0.1, 0.15) is 0 Å². The van der Waals surface area contributed by atoms with E-state index in [-0.39, 0.29) is 5.69 Å². The van der Waals surface area contributed by atoms with Crippen molar-refractivity contribution >= 4 is 37.8 Å². The molecule has 1 heterocycles. The van der Waals surface area contributed by atoms with Crippen molar-refractivity contribution in [3.63, 3.8) is 0 Å². The minimum absolute atomic E-state index is 0.182. The van der Waals surface area contributed by atoms with Crippen LogP contribution in [0, 0.1) is 0 Å². The van der Waals surface area contributed by atoms with Gasteiger partial charge in [0.2, 0.25) is 0 Å². The first-order valence-corrected chi connectivity index (χ1v) is 6.77. The fourth-order valence-corrected chi connectivity index (χ4v) is 2.77. The van der Waals surface area contributed by atoms with Crippen molar-refractivity contribution in [3.8, 4) is 11.3 Å². The number of benzene rings is 1. The van der Waals surface area contributed by atoms with E-state index in [4.69, 9.17) is 9.15 Å². The first-order chi connectivity index (χ1) is 8.61. The van der Waals surface area contributed by atoms with Gasteiger partial charge in [-0.1, -0.05) is 31.9 Å². The molecule has 4 nitrogen and oxygen atoms in total. The third-order valence-electron chi connectivity index (χ3n) is 2.16. The van der Waals surface area contributed by atoms with Crippen LogP contribution in [0.3, 0.4) is 0 Å². The number of aromatic nitrogens is 1. The van der Waals surface area contributed by atoms with Crippen molar-refractivity contribution in [2.24, 2.45) is 0 Å². The van der Waals surface area contributed by atoms with Gasteiger partial charge in [-0.2, -0.15) is 0 Å². The zero-order valence-electron chi connectivity index (χ0n) is 9.44. The minimum Gasteiger partial charge on any atom is -0.461 e. The second-order valence-electron chi connectivity index (χ2n) is 3.41. The SMILES string of the molecule is CCOC(=O)c1ncoc1-c1cc(Br)cc(Br)c1. The van der Waals surface area contributed by atoms with Crippen molar-refractivity contribution in [2.45, 2.75) is 6.92 Å². The van der Waals surface area contributed by atoms with Crippen LogP contribution in [0.2, 0.25) is 0 Å². The molecule has 0 amide bonds. The maximum Gasteiger partial charge on any atom is 0.360 e.